The largest absolute Gasteiger partial charge is 0.339 e. The molecule has 2 unspecified atom stereocenters. The summed E-state index contributed by atoms with van der Waals surface area (Å²) in [5.74, 6) is 0.269. The quantitative estimate of drug-likeness (QED) is 0.392. The summed E-state index contributed by atoms with van der Waals surface area (Å²) in [6.07, 6.45) is 2.59. The van der Waals surface area contributed by atoms with E-state index >= 15 is 0 Å². The van der Waals surface area contributed by atoms with Gasteiger partial charge in [0.25, 0.3) is 0 Å². The van der Waals surface area contributed by atoms with Gasteiger partial charge in [-0.15, -0.1) is 10.2 Å². The summed E-state index contributed by atoms with van der Waals surface area (Å²) in [5.41, 5.74) is 1.14. The van der Waals surface area contributed by atoms with Crippen LogP contribution < -0.4 is 5.32 Å². The molecule has 176 valence electrons. The molecule has 6 nitrogen and oxygen atoms in total. The summed E-state index contributed by atoms with van der Waals surface area (Å²) in [6, 6.07) is 7.89. The Kier molecular flexibility index (Phi) is 9.83. The molecular formula is C24H35BrN4O2S. The Bertz CT molecular complexity index is 892. The molecule has 0 aliphatic heterocycles. The maximum Gasteiger partial charge on any atom is 0.227 e. The Labute approximate surface area is 204 Å². The smallest absolute Gasteiger partial charge is 0.227 e. The summed E-state index contributed by atoms with van der Waals surface area (Å²) < 4.78 is 0.993. The van der Waals surface area contributed by atoms with E-state index in [2.05, 4.69) is 66.1 Å². The number of nitrogens with zero attached hydrogens (tertiary/aromatic N) is 3. The minimum atomic E-state index is -0.160. The Hall–Kier alpha value is -1.80. The number of rotatable bonds is 10. The summed E-state index contributed by atoms with van der Waals surface area (Å²) in [4.78, 5) is 27.4. The highest BCUT2D eigenvalue weighted by Crippen LogP contribution is 2.28. The predicted octanol–water partition coefficient (Wildman–Crippen LogP) is 6.39. The Morgan fingerprint density at radius 1 is 1.16 bits per heavy atom. The lowest BCUT2D eigenvalue weighted by Crippen LogP contribution is -2.41. The minimum absolute atomic E-state index is 0.0997. The average Bonchev–Trinajstić information content (AvgIpc) is 3.15. The molecule has 0 bridgehead atoms. The molecule has 0 aliphatic carbocycles. The number of aromatic nitrogens is 2. The molecule has 32 heavy (non-hydrogen) atoms. The number of benzene rings is 1. The molecule has 0 radical (unpaired) electrons. The fraction of sp³-hybridized carbons (Fsp3) is 0.583. The van der Waals surface area contributed by atoms with Crippen molar-refractivity contribution in [1.82, 2.24) is 15.1 Å². The van der Waals surface area contributed by atoms with Crippen molar-refractivity contribution in [2.45, 2.75) is 73.3 Å². The number of amides is 2. The van der Waals surface area contributed by atoms with E-state index in [0.29, 0.717) is 24.0 Å². The van der Waals surface area contributed by atoms with Gasteiger partial charge in [-0.2, -0.15) is 0 Å². The van der Waals surface area contributed by atoms with Gasteiger partial charge in [-0.05, 0) is 43.2 Å². The molecule has 2 aromatic rings. The van der Waals surface area contributed by atoms with E-state index in [1.807, 2.05) is 36.1 Å². The lowest BCUT2D eigenvalue weighted by atomic mass is 9.84. The monoisotopic (exact) mass is 522 g/mol. The predicted molar refractivity (Wildman–Crippen MR) is 136 cm³/mol. The highest BCUT2D eigenvalue weighted by atomic mass is 79.9. The van der Waals surface area contributed by atoms with E-state index in [9.17, 15) is 9.59 Å². The molecule has 0 saturated heterocycles. The summed E-state index contributed by atoms with van der Waals surface area (Å²) in [7, 11) is 0. The highest BCUT2D eigenvalue weighted by molar-refractivity contribution is 9.10. The minimum Gasteiger partial charge on any atom is -0.339 e. The van der Waals surface area contributed by atoms with Crippen molar-refractivity contribution in [3.8, 4) is 10.6 Å². The van der Waals surface area contributed by atoms with E-state index in [-0.39, 0.29) is 29.7 Å². The van der Waals surface area contributed by atoms with Crippen molar-refractivity contribution in [1.29, 1.82) is 0 Å². The second-order valence-electron chi connectivity index (χ2n) is 9.64. The number of anilines is 1. The maximum atomic E-state index is 13.0. The molecule has 2 amide bonds. The van der Waals surface area contributed by atoms with Crippen LogP contribution in [0.2, 0.25) is 0 Å². The lowest BCUT2D eigenvalue weighted by Gasteiger charge is -2.31. The molecular weight excluding hydrogens is 488 g/mol. The first kappa shape index (κ1) is 26.5. The zero-order valence-corrected chi connectivity index (χ0v) is 22.3. The number of hydrogen-bond donors (Lipinski definition) is 1. The van der Waals surface area contributed by atoms with Gasteiger partial charge in [-0.1, -0.05) is 74.0 Å². The van der Waals surface area contributed by atoms with Gasteiger partial charge in [0.1, 0.15) is 5.01 Å². The van der Waals surface area contributed by atoms with E-state index in [0.717, 1.165) is 27.9 Å². The highest BCUT2D eigenvalue weighted by Gasteiger charge is 2.24. The van der Waals surface area contributed by atoms with Crippen molar-refractivity contribution < 1.29 is 9.59 Å². The van der Waals surface area contributed by atoms with E-state index in [4.69, 9.17) is 0 Å². The molecule has 0 aliphatic rings. The van der Waals surface area contributed by atoms with Gasteiger partial charge in [0, 0.05) is 35.5 Å². The lowest BCUT2D eigenvalue weighted by molar-refractivity contribution is -0.134. The first-order valence-electron chi connectivity index (χ1n) is 11.2. The average molecular weight is 524 g/mol. The third kappa shape index (κ3) is 8.62. The number of carbonyl (C=O) groups is 2. The third-order valence-electron chi connectivity index (χ3n) is 5.27. The standard InChI is InChI=1S/C24H35BrN4O2S/c1-7-17(3)29(21(31)14-16(2)15-24(4,5)6)13-12-20(30)26-23-28-27-22(32-23)18-8-10-19(25)11-9-18/h8-11,16-17H,7,12-15H2,1-6H3,(H,26,28,30). The van der Waals surface area contributed by atoms with Crippen LogP contribution in [0.25, 0.3) is 10.6 Å². The van der Waals surface area contributed by atoms with Crippen LogP contribution in [0.5, 0.6) is 0 Å². The Morgan fingerprint density at radius 3 is 2.41 bits per heavy atom. The first-order valence-corrected chi connectivity index (χ1v) is 12.8. The number of carbonyl (C=O) groups excluding carboxylic acids is 2. The van der Waals surface area contributed by atoms with Gasteiger partial charge in [0.05, 0.1) is 0 Å². The first-order chi connectivity index (χ1) is 15.0. The second-order valence-corrected chi connectivity index (χ2v) is 11.5. The summed E-state index contributed by atoms with van der Waals surface area (Å²) in [5, 5.41) is 12.3. The van der Waals surface area contributed by atoms with E-state index in [1.165, 1.54) is 11.3 Å². The van der Waals surface area contributed by atoms with Crippen LogP contribution in [0.3, 0.4) is 0 Å². The summed E-state index contributed by atoms with van der Waals surface area (Å²) >= 11 is 4.75. The number of nitrogens with one attached hydrogen (secondary N) is 1. The molecule has 1 aromatic heterocycles. The molecule has 8 heteroatoms. The van der Waals surface area contributed by atoms with Crippen molar-refractivity contribution >= 4 is 44.2 Å². The van der Waals surface area contributed by atoms with Crippen LogP contribution >= 0.6 is 27.3 Å². The van der Waals surface area contributed by atoms with Gasteiger partial charge >= 0.3 is 0 Å². The second kappa shape index (κ2) is 11.9. The zero-order chi connectivity index (χ0) is 23.9. The molecule has 1 aromatic carbocycles. The number of hydrogen-bond acceptors (Lipinski definition) is 5. The maximum absolute atomic E-state index is 13.0. The van der Waals surface area contributed by atoms with Crippen molar-refractivity contribution in [3.63, 3.8) is 0 Å². The normalized spacial score (nSPS) is 13.5. The van der Waals surface area contributed by atoms with E-state index < -0.39 is 0 Å². The SMILES string of the molecule is CCC(C)N(CCC(=O)Nc1nnc(-c2ccc(Br)cc2)s1)C(=O)CC(C)CC(C)(C)C. The molecule has 0 spiro atoms. The molecule has 2 rings (SSSR count). The van der Waals surface area contributed by atoms with Crippen LogP contribution in [0.4, 0.5) is 5.13 Å². The van der Waals surface area contributed by atoms with Gasteiger partial charge in [0.15, 0.2) is 0 Å². The topological polar surface area (TPSA) is 75.2 Å². The zero-order valence-electron chi connectivity index (χ0n) is 19.9. The van der Waals surface area contributed by atoms with Gasteiger partial charge in [0.2, 0.25) is 16.9 Å². The van der Waals surface area contributed by atoms with Crippen LogP contribution in [-0.2, 0) is 9.59 Å². The van der Waals surface area contributed by atoms with Crippen LogP contribution in [0, 0.1) is 11.3 Å². The number of halogens is 1. The third-order valence-corrected chi connectivity index (χ3v) is 6.69. The fourth-order valence-electron chi connectivity index (χ4n) is 3.73. The van der Waals surface area contributed by atoms with Gasteiger partial charge < -0.3 is 10.2 Å². The van der Waals surface area contributed by atoms with Crippen molar-refractivity contribution in [3.05, 3.63) is 28.7 Å². The van der Waals surface area contributed by atoms with Gasteiger partial charge in [-0.3, -0.25) is 9.59 Å². The van der Waals surface area contributed by atoms with E-state index in [1.54, 1.807) is 0 Å². The molecule has 0 fully saturated rings. The van der Waals surface area contributed by atoms with Gasteiger partial charge in [-0.25, -0.2) is 0 Å². The molecule has 0 saturated carbocycles. The van der Waals surface area contributed by atoms with Crippen LogP contribution in [0.1, 0.15) is 67.2 Å². The molecule has 1 N–H and O–H groups in total. The Balaban J connectivity index is 1.93. The Morgan fingerprint density at radius 2 is 1.81 bits per heavy atom. The van der Waals surface area contributed by atoms with Crippen molar-refractivity contribution in [2.75, 3.05) is 11.9 Å². The van der Waals surface area contributed by atoms with Crippen LogP contribution in [-0.4, -0.2) is 39.5 Å². The summed E-state index contributed by atoms with van der Waals surface area (Å²) in [6.45, 7) is 13.2. The van der Waals surface area contributed by atoms with Crippen molar-refractivity contribution in [2.24, 2.45) is 11.3 Å². The fourth-order valence-corrected chi connectivity index (χ4v) is 4.76. The molecule has 2 atom stereocenters. The van der Waals surface area contributed by atoms with Crippen LogP contribution in [0.15, 0.2) is 28.7 Å². The molecule has 1 heterocycles.